The number of hydrogen-bond donors (Lipinski definition) is 1. The van der Waals surface area contributed by atoms with Crippen molar-refractivity contribution >= 4 is 34.6 Å². The van der Waals surface area contributed by atoms with Gasteiger partial charge in [-0.15, -0.1) is 0 Å². The Morgan fingerprint density at radius 1 is 0.971 bits per heavy atom. The number of esters is 1. The summed E-state index contributed by atoms with van der Waals surface area (Å²) in [7, 11) is 0. The zero-order valence-corrected chi connectivity index (χ0v) is 19.6. The number of rotatable bonds is 7. The van der Waals surface area contributed by atoms with Gasteiger partial charge >= 0.3 is 17.7 Å². The molecule has 1 aromatic heterocycles. The van der Waals surface area contributed by atoms with E-state index in [1.807, 2.05) is 60.7 Å². The number of hydrogen-bond acceptors (Lipinski definition) is 6. The standard InChI is InChI=1S/C27H22ClNO6/c1-17-21-13-12-20(15-23(21)35-26(31)24(17)28)34-25(30)22(14-18-8-4-2-5-9-18)29-27(32)33-16-19-10-6-3-7-11-19/h2-13,15,22H,14,16H2,1H3,(H,29,32)/t22-/m0/s1. The number of ether oxygens (including phenoxy) is 2. The van der Waals surface area contributed by atoms with Crippen LogP contribution in [0.4, 0.5) is 4.79 Å². The van der Waals surface area contributed by atoms with Crippen LogP contribution in [0.2, 0.25) is 5.02 Å². The highest BCUT2D eigenvalue weighted by atomic mass is 35.5. The van der Waals surface area contributed by atoms with E-state index in [4.69, 9.17) is 25.5 Å². The molecule has 1 heterocycles. The van der Waals surface area contributed by atoms with Gasteiger partial charge in [-0.2, -0.15) is 0 Å². The fourth-order valence-corrected chi connectivity index (χ4v) is 3.65. The van der Waals surface area contributed by atoms with E-state index in [0.717, 1.165) is 11.1 Å². The van der Waals surface area contributed by atoms with Crippen LogP contribution in [0.3, 0.4) is 0 Å². The highest BCUT2D eigenvalue weighted by molar-refractivity contribution is 6.31. The minimum absolute atomic E-state index is 0.00313. The number of halogens is 1. The van der Waals surface area contributed by atoms with E-state index in [1.54, 1.807) is 19.1 Å². The second-order valence-corrected chi connectivity index (χ2v) is 8.23. The van der Waals surface area contributed by atoms with Crippen molar-refractivity contribution in [1.82, 2.24) is 5.32 Å². The van der Waals surface area contributed by atoms with Crippen molar-refractivity contribution in [2.75, 3.05) is 0 Å². The average molecular weight is 492 g/mol. The van der Waals surface area contributed by atoms with Gasteiger partial charge < -0.3 is 19.2 Å². The van der Waals surface area contributed by atoms with E-state index >= 15 is 0 Å². The lowest BCUT2D eigenvalue weighted by molar-refractivity contribution is -0.136. The lowest BCUT2D eigenvalue weighted by atomic mass is 10.1. The molecule has 0 bridgehead atoms. The summed E-state index contributed by atoms with van der Waals surface area (Å²) in [5, 5.41) is 3.22. The molecule has 0 saturated carbocycles. The molecular weight excluding hydrogens is 470 g/mol. The van der Waals surface area contributed by atoms with Gasteiger partial charge in [-0.25, -0.2) is 14.4 Å². The molecule has 7 nitrogen and oxygen atoms in total. The van der Waals surface area contributed by atoms with Crippen molar-refractivity contribution in [3.05, 3.63) is 111 Å². The number of fused-ring (bicyclic) bond motifs is 1. The van der Waals surface area contributed by atoms with E-state index in [2.05, 4.69) is 5.32 Å². The largest absolute Gasteiger partial charge is 0.445 e. The fraction of sp³-hybridized carbons (Fsp3) is 0.148. The molecule has 0 spiro atoms. The molecule has 3 aromatic carbocycles. The van der Waals surface area contributed by atoms with Gasteiger partial charge in [-0.3, -0.25) is 0 Å². The molecule has 35 heavy (non-hydrogen) atoms. The number of carbonyl (C=O) groups is 2. The maximum Gasteiger partial charge on any atom is 0.408 e. The summed E-state index contributed by atoms with van der Waals surface area (Å²) in [6, 6.07) is 22.1. The van der Waals surface area contributed by atoms with Crippen LogP contribution in [-0.2, 0) is 22.6 Å². The van der Waals surface area contributed by atoms with Gasteiger partial charge in [0, 0.05) is 17.9 Å². The summed E-state index contributed by atoms with van der Waals surface area (Å²) in [5.41, 5.74) is 1.77. The lowest BCUT2D eigenvalue weighted by Gasteiger charge is -2.18. The Morgan fingerprint density at radius 3 is 2.31 bits per heavy atom. The summed E-state index contributed by atoms with van der Waals surface area (Å²) in [6.45, 7) is 1.76. The molecule has 1 amide bonds. The number of aryl methyl sites for hydroxylation is 1. The molecule has 1 atom stereocenters. The van der Waals surface area contributed by atoms with Crippen molar-refractivity contribution in [2.45, 2.75) is 26.0 Å². The maximum atomic E-state index is 13.0. The number of carbonyl (C=O) groups excluding carboxylic acids is 2. The van der Waals surface area contributed by atoms with Crippen LogP contribution >= 0.6 is 11.6 Å². The van der Waals surface area contributed by atoms with Crippen LogP contribution in [0.1, 0.15) is 16.7 Å². The van der Waals surface area contributed by atoms with Gasteiger partial charge in [-0.05, 0) is 35.7 Å². The van der Waals surface area contributed by atoms with Crippen molar-refractivity contribution in [1.29, 1.82) is 0 Å². The molecule has 4 rings (SSSR count). The Labute approximate surface area is 206 Å². The van der Waals surface area contributed by atoms with Crippen LogP contribution in [0.15, 0.2) is 88.1 Å². The van der Waals surface area contributed by atoms with Gasteiger partial charge in [-0.1, -0.05) is 72.3 Å². The van der Waals surface area contributed by atoms with Gasteiger partial charge in [0.25, 0.3) is 0 Å². The molecule has 4 aromatic rings. The molecule has 0 radical (unpaired) electrons. The van der Waals surface area contributed by atoms with Crippen LogP contribution < -0.4 is 15.7 Å². The summed E-state index contributed by atoms with van der Waals surface area (Å²) in [6.07, 6.45) is -0.557. The Hall–Kier alpha value is -4.10. The van der Waals surface area contributed by atoms with Crippen LogP contribution in [0.25, 0.3) is 11.0 Å². The highest BCUT2D eigenvalue weighted by Gasteiger charge is 2.24. The second-order valence-electron chi connectivity index (χ2n) is 7.86. The Bertz CT molecular complexity index is 1400. The van der Waals surface area contributed by atoms with E-state index in [9.17, 15) is 14.4 Å². The Kier molecular flexibility index (Phi) is 7.48. The monoisotopic (exact) mass is 491 g/mol. The first-order valence-electron chi connectivity index (χ1n) is 10.9. The predicted octanol–water partition coefficient (Wildman–Crippen LogP) is 5.20. The molecule has 178 valence electrons. The number of benzene rings is 3. The second kappa shape index (κ2) is 10.9. The minimum Gasteiger partial charge on any atom is -0.445 e. The summed E-state index contributed by atoms with van der Waals surface area (Å²) < 4.78 is 16.0. The SMILES string of the molecule is Cc1c(Cl)c(=O)oc2cc(OC(=O)[C@H](Cc3ccccc3)NC(=O)OCc3ccccc3)ccc12. The van der Waals surface area contributed by atoms with Crippen LogP contribution in [0, 0.1) is 6.92 Å². The molecule has 1 N–H and O–H groups in total. The quantitative estimate of drug-likeness (QED) is 0.217. The normalized spacial score (nSPS) is 11.6. The Morgan fingerprint density at radius 2 is 1.63 bits per heavy atom. The van der Waals surface area contributed by atoms with E-state index in [-0.39, 0.29) is 29.4 Å². The third-order valence-electron chi connectivity index (χ3n) is 5.36. The average Bonchev–Trinajstić information content (AvgIpc) is 2.87. The van der Waals surface area contributed by atoms with Gasteiger partial charge in [0.1, 0.15) is 29.0 Å². The van der Waals surface area contributed by atoms with Crippen molar-refractivity contribution in [3.8, 4) is 5.75 Å². The molecule has 0 aliphatic rings. The predicted molar refractivity (Wildman–Crippen MR) is 132 cm³/mol. The third-order valence-corrected chi connectivity index (χ3v) is 5.80. The summed E-state index contributed by atoms with van der Waals surface area (Å²) >= 11 is 5.97. The first kappa shape index (κ1) is 24.0. The minimum atomic E-state index is -1.02. The summed E-state index contributed by atoms with van der Waals surface area (Å²) in [5.74, 6) is -0.539. The number of amides is 1. The van der Waals surface area contributed by atoms with E-state index < -0.39 is 23.7 Å². The van der Waals surface area contributed by atoms with Gasteiger partial charge in [0.2, 0.25) is 0 Å². The maximum absolute atomic E-state index is 13.0. The molecular formula is C27H22ClNO6. The Balaban J connectivity index is 1.51. The first-order valence-corrected chi connectivity index (χ1v) is 11.2. The topological polar surface area (TPSA) is 94.8 Å². The molecule has 8 heteroatoms. The van der Waals surface area contributed by atoms with Crippen LogP contribution in [-0.4, -0.2) is 18.1 Å². The van der Waals surface area contributed by atoms with Crippen molar-refractivity contribution < 1.29 is 23.5 Å². The molecule has 0 fully saturated rings. The summed E-state index contributed by atoms with van der Waals surface area (Å²) in [4.78, 5) is 37.4. The molecule has 0 unspecified atom stereocenters. The third kappa shape index (κ3) is 6.07. The fourth-order valence-electron chi connectivity index (χ4n) is 3.51. The van der Waals surface area contributed by atoms with Crippen LogP contribution in [0.5, 0.6) is 5.75 Å². The zero-order valence-electron chi connectivity index (χ0n) is 18.8. The zero-order chi connectivity index (χ0) is 24.8. The number of nitrogens with one attached hydrogen (secondary N) is 1. The van der Waals surface area contributed by atoms with Crippen molar-refractivity contribution in [3.63, 3.8) is 0 Å². The lowest BCUT2D eigenvalue weighted by Crippen LogP contribution is -2.44. The van der Waals surface area contributed by atoms with Crippen molar-refractivity contribution in [2.24, 2.45) is 0 Å². The van der Waals surface area contributed by atoms with Gasteiger partial charge in [0.15, 0.2) is 0 Å². The molecule has 0 aliphatic carbocycles. The highest BCUT2D eigenvalue weighted by Crippen LogP contribution is 2.26. The first-order chi connectivity index (χ1) is 16.9. The van der Waals surface area contributed by atoms with Gasteiger partial charge in [0.05, 0.1) is 0 Å². The molecule has 0 aliphatic heterocycles. The molecule has 0 saturated heterocycles. The van der Waals surface area contributed by atoms with E-state index in [1.165, 1.54) is 6.07 Å². The number of alkyl carbamates (subject to hydrolysis) is 1. The smallest absolute Gasteiger partial charge is 0.408 e. The van der Waals surface area contributed by atoms with E-state index in [0.29, 0.717) is 10.9 Å².